The van der Waals surface area contributed by atoms with Gasteiger partial charge in [0.1, 0.15) is 0 Å². The van der Waals surface area contributed by atoms with E-state index in [1.54, 1.807) is 0 Å². The van der Waals surface area contributed by atoms with Gasteiger partial charge in [0.05, 0.1) is 4.21 Å². The lowest BCUT2D eigenvalue weighted by molar-refractivity contribution is 0.269. The van der Waals surface area contributed by atoms with Gasteiger partial charge >= 0.3 is 0 Å². The molecule has 16 heavy (non-hydrogen) atoms. The zero-order valence-corrected chi connectivity index (χ0v) is 11.8. The number of hydrogen-bond acceptors (Lipinski definition) is 4. The molecule has 0 saturated carbocycles. The third-order valence-electron chi connectivity index (χ3n) is 3.37. The van der Waals surface area contributed by atoms with E-state index in [4.69, 9.17) is 0 Å². The van der Waals surface area contributed by atoms with E-state index in [-0.39, 0.29) is 0 Å². The predicted octanol–water partition coefficient (Wildman–Crippen LogP) is 3.42. The first-order chi connectivity index (χ1) is 7.93. The van der Waals surface area contributed by atoms with Gasteiger partial charge in [-0.3, -0.25) is 4.90 Å². The van der Waals surface area contributed by atoms with Gasteiger partial charge in [-0.15, -0.1) is 23.1 Å². The van der Waals surface area contributed by atoms with Crippen LogP contribution in [0.4, 0.5) is 0 Å². The van der Waals surface area contributed by atoms with Gasteiger partial charge in [0.25, 0.3) is 0 Å². The molecule has 2 aliphatic heterocycles. The zero-order valence-electron chi connectivity index (χ0n) is 9.30. The summed E-state index contributed by atoms with van der Waals surface area (Å²) in [6, 6.07) is 5.26. The lowest BCUT2D eigenvalue weighted by atomic mass is 10.2. The molecular formula is C12H17NS3. The maximum absolute atomic E-state index is 2.73. The van der Waals surface area contributed by atoms with Crippen LogP contribution in [0.1, 0.15) is 12.8 Å². The lowest BCUT2D eigenvalue weighted by Crippen LogP contribution is -2.39. The average Bonchev–Trinajstić information content (AvgIpc) is 2.98. The Balaban J connectivity index is 1.64. The molecule has 0 bridgehead atoms. The predicted molar refractivity (Wildman–Crippen MR) is 75.9 cm³/mol. The van der Waals surface area contributed by atoms with E-state index in [2.05, 4.69) is 45.9 Å². The molecule has 88 valence electrons. The summed E-state index contributed by atoms with van der Waals surface area (Å²) in [6.07, 6.45) is 2.83. The highest BCUT2D eigenvalue weighted by molar-refractivity contribution is 8.05. The Bertz CT molecular complexity index is 319. The monoisotopic (exact) mass is 271 g/mol. The summed E-state index contributed by atoms with van der Waals surface area (Å²) in [5.74, 6) is 2.69. The number of thiophene rings is 1. The Morgan fingerprint density at radius 1 is 1.25 bits per heavy atom. The molecule has 0 aromatic carbocycles. The van der Waals surface area contributed by atoms with Gasteiger partial charge in [-0.05, 0) is 37.4 Å². The number of nitrogens with zero attached hydrogens (tertiary/aromatic N) is 1. The fourth-order valence-electron chi connectivity index (χ4n) is 2.53. The maximum atomic E-state index is 2.73. The summed E-state index contributed by atoms with van der Waals surface area (Å²) in [6.45, 7) is 2.68. The van der Waals surface area contributed by atoms with E-state index in [0.29, 0.717) is 0 Å². The molecule has 0 radical (unpaired) electrons. The Kier molecular flexibility index (Phi) is 3.82. The van der Waals surface area contributed by atoms with Gasteiger partial charge < -0.3 is 0 Å². The van der Waals surface area contributed by atoms with Crippen LogP contribution < -0.4 is 0 Å². The lowest BCUT2D eigenvalue weighted by Gasteiger charge is -2.27. The summed E-state index contributed by atoms with van der Waals surface area (Å²) in [5.41, 5.74) is 0. The van der Waals surface area contributed by atoms with Gasteiger partial charge in [0, 0.05) is 22.8 Å². The molecule has 2 fully saturated rings. The van der Waals surface area contributed by atoms with Gasteiger partial charge in [0.2, 0.25) is 0 Å². The van der Waals surface area contributed by atoms with E-state index < -0.39 is 0 Å². The smallest absolute Gasteiger partial charge is 0.0602 e. The first kappa shape index (κ1) is 11.5. The standard InChI is InChI=1S/C12H17NS3/c1-2-6-13(5-1)10-8-14-9-11(10)16-12-4-3-7-15-12/h3-4,7,10-11H,1-2,5-6,8-9H2. The van der Waals surface area contributed by atoms with Crippen molar-refractivity contribution in [2.24, 2.45) is 0 Å². The molecule has 2 saturated heterocycles. The minimum atomic E-state index is 0.821. The van der Waals surface area contributed by atoms with Crippen molar-refractivity contribution in [1.29, 1.82) is 0 Å². The van der Waals surface area contributed by atoms with Crippen molar-refractivity contribution in [1.82, 2.24) is 4.90 Å². The van der Waals surface area contributed by atoms with Crippen molar-refractivity contribution in [2.45, 2.75) is 28.3 Å². The molecule has 1 aromatic rings. The zero-order chi connectivity index (χ0) is 10.8. The van der Waals surface area contributed by atoms with Crippen LogP contribution in [0.2, 0.25) is 0 Å². The normalized spacial score (nSPS) is 31.2. The Morgan fingerprint density at radius 3 is 2.88 bits per heavy atom. The van der Waals surface area contributed by atoms with E-state index in [9.17, 15) is 0 Å². The van der Waals surface area contributed by atoms with Crippen molar-refractivity contribution in [3.63, 3.8) is 0 Å². The van der Waals surface area contributed by atoms with Crippen molar-refractivity contribution < 1.29 is 0 Å². The molecule has 1 aromatic heterocycles. The molecule has 2 aliphatic rings. The second-order valence-corrected chi connectivity index (χ2v) is 8.00. The quantitative estimate of drug-likeness (QED) is 0.829. The molecule has 0 N–H and O–H groups in total. The molecular weight excluding hydrogens is 254 g/mol. The molecule has 2 atom stereocenters. The number of rotatable bonds is 3. The van der Waals surface area contributed by atoms with E-state index >= 15 is 0 Å². The summed E-state index contributed by atoms with van der Waals surface area (Å²) < 4.78 is 1.50. The highest BCUT2D eigenvalue weighted by Gasteiger charge is 2.34. The Labute approximate surface area is 110 Å². The Hall–Kier alpha value is 0.360. The Morgan fingerprint density at radius 2 is 2.12 bits per heavy atom. The molecule has 2 unspecified atom stereocenters. The molecule has 0 aliphatic carbocycles. The van der Waals surface area contributed by atoms with Crippen LogP contribution in [0.3, 0.4) is 0 Å². The highest BCUT2D eigenvalue weighted by Crippen LogP contribution is 2.38. The molecule has 0 spiro atoms. The van der Waals surface area contributed by atoms with Crippen LogP contribution in [0.15, 0.2) is 21.7 Å². The molecule has 0 amide bonds. The van der Waals surface area contributed by atoms with Crippen LogP contribution in [0.5, 0.6) is 0 Å². The topological polar surface area (TPSA) is 3.24 Å². The molecule has 4 heteroatoms. The SMILES string of the molecule is c1csc(SC2CSCC2N2CCCC2)c1. The average molecular weight is 271 g/mol. The second kappa shape index (κ2) is 5.34. The minimum Gasteiger partial charge on any atom is -0.298 e. The fourth-order valence-corrected chi connectivity index (χ4v) is 6.58. The summed E-state index contributed by atoms with van der Waals surface area (Å²) in [5, 5.41) is 3.01. The van der Waals surface area contributed by atoms with Crippen LogP contribution in [0.25, 0.3) is 0 Å². The van der Waals surface area contributed by atoms with Gasteiger partial charge in [-0.1, -0.05) is 6.07 Å². The summed E-state index contributed by atoms with van der Waals surface area (Å²) in [4.78, 5) is 2.73. The van der Waals surface area contributed by atoms with Gasteiger partial charge in [-0.2, -0.15) is 11.8 Å². The fraction of sp³-hybridized carbons (Fsp3) is 0.667. The third kappa shape index (κ3) is 2.45. The van der Waals surface area contributed by atoms with Crippen LogP contribution >= 0.6 is 34.9 Å². The van der Waals surface area contributed by atoms with Crippen molar-refractivity contribution in [3.05, 3.63) is 17.5 Å². The number of hydrogen-bond donors (Lipinski definition) is 0. The number of thioether (sulfide) groups is 2. The molecule has 3 rings (SSSR count). The third-order valence-corrected chi connectivity index (χ3v) is 7.15. The van der Waals surface area contributed by atoms with Gasteiger partial charge in [0.15, 0.2) is 0 Å². The van der Waals surface area contributed by atoms with Crippen LogP contribution in [-0.4, -0.2) is 40.8 Å². The second-order valence-electron chi connectivity index (χ2n) is 4.44. The van der Waals surface area contributed by atoms with Crippen LogP contribution in [0, 0.1) is 0 Å². The van der Waals surface area contributed by atoms with E-state index in [1.165, 1.54) is 41.6 Å². The van der Waals surface area contributed by atoms with Crippen molar-refractivity contribution >= 4 is 34.9 Å². The van der Waals surface area contributed by atoms with E-state index in [1.807, 2.05) is 11.3 Å². The van der Waals surface area contributed by atoms with Crippen LogP contribution in [-0.2, 0) is 0 Å². The van der Waals surface area contributed by atoms with Gasteiger partial charge in [-0.25, -0.2) is 0 Å². The highest BCUT2D eigenvalue weighted by atomic mass is 32.2. The van der Waals surface area contributed by atoms with E-state index in [0.717, 1.165) is 11.3 Å². The van der Waals surface area contributed by atoms with Crippen molar-refractivity contribution in [2.75, 3.05) is 24.6 Å². The summed E-state index contributed by atoms with van der Waals surface area (Å²) in [7, 11) is 0. The first-order valence-corrected chi connectivity index (χ1v) is 8.87. The first-order valence-electron chi connectivity index (χ1n) is 5.95. The maximum Gasteiger partial charge on any atom is 0.0602 e. The summed E-state index contributed by atoms with van der Waals surface area (Å²) >= 11 is 6.14. The molecule has 1 nitrogen and oxygen atoms in total. The number of likely N-dealkylation sites (tertiary alicyclic amines) is 1. The largest absolute Gasteiger partial charge is 0.298 e. The molecule has 3 heterocycles. The van der Waals surface area contributed by atoms with Crippen molar-refractivity contribution in [3.8, 4) is 0 Å². The minimum absolute atomic E-state index is 0.821.